The molecule has 1 aliphatic rings. The van der Waals surface area contributed by atoms with Crippen LogP contribution in [0.3, 0.4) is 0 Å². The number of hydrogen-bond donors (Lipinski definition) is 2. The summed E-state index contributed by atoms with van der Waals surface area (Å²) >= 11 is 1.94. The van der Waals surface area contributed by atoms with Crippen molar-refractivity contribution in [2.45, 2.75) is 31.4 Å². The predicted octanol–water partition coefficient (Wildman–Crippen LogP) is 3.41. The number of thioether (sulfide) groups is 1. The van der Waals surface area contributed by atoms with E-state index in [2.05, 4.69) is 17.6 Å². The fourth-order valence-corrected chi connectivity index (χ4v) is 3.52. The van der Waals surface area contributed by atoms with Gasteiger partial charge < -0.3 is 15.4 Å². The number of urea groups is 1. The average Bonchev–Trinajstić information content (AvgIpc) is 2.86. The Morgan fingerprint density at radius 1 is 1.50 bits per heavy atom. The first kappa shape index (κ1) is 15.0. The zero-order valence-electron chi connectivity index (χ0n) is 12.3. The van der Waals surface area contributed by atoms with Gasteiger partial charge in [0, 0.05) is 23.0 Å². The number of carbonyl (C=O) groups is 1. The number of nitrogens with one attached hydrogen (secondary N) is 2. The number of benzene rings is 1. The van der Waals surface area contributed by atoms with Crippen LogP contribution in [0, 0.1) is 6.92 Å². The largest absolute Gasteiger partial charge is 0.497 e. The molecule has 1 heterocycles. The van der Waals surface area contributed by atoms with Gasteiger partial charge in [-0.1, -0.05) is 6.07 Å². The molecule has 1 aliphatic heterocycles. The molecule has 0 bridgehead atoms. The van der Waals surface area contributed by atoms with Gasteiger partial charge in [0.15, 0.2) is 0 Å². The number of rotatable bonds is 4. The number of anilines is 1. The van der Waals surface area contributed by atoms with E-state index in [-0.39, 0.29) is 10.8 Å². The van der Waals surface area contributed by atoms with Crippen molar-refractivity contribution in [1.82, 2.24) is 5.32 Å². The predicted molar refractivity (Wildman–Crippen MR) is 84.8 cm³/mol. The summed E-state index contributed by atoms with van der Waals surface area (Å²) in [6, 6.07) is 5.49. The highest BCUT2D eigenvalue weighted by atomic mass is 32.2. The molecule has 0 aliphatic carbocycles. The Bertz CT molecular complexity index is 485. The Hall–Kier alpha value is -1.36. The molecule has 1 aromatic carbocycles. The second-order valence-corrected chi connectivity index (χ2v) is 7.07. The summed E-state index contributed by atoms with van der Waals surface area (Å²) in [6.07, 6.45) is 2.40. The number of hydrogen-bond acceptors (Lipinski definition) is 3. The zero-order valence-corrected chi connectivity index (χ0v) is 13.1. The first-order chi connectivity index (χ1) is 9.52. The Morgan fingerprint density at radius 2 is 2.30 bits per heavy atom. The van der Waals surface area contributed by atoms with Gasteiger partial charge >= 0.3 is 6.03 Å². The molecule has 0 saturated carbocycles. The van der Waals surface area contributed by atoms with Crippen molar-refractivity contribution < 1.29 is 9.53 Å². The van der Waals surface area contributed by atoms with Crippen molar-refractivity contribution in [3.8, 4) is 5.75 Å². The molecule has 20 heavy (non-hydrogen) atoms. The molecule has 0 radical (unpaired) electrons. The summed E-state index contributed by atoms with van der Waals surface area (Å²) in [5.74, 6) is 1.93. The Kier molecular flexibility index (Phi) is 4.81. The van der Waals surface area contributed by atoms with Crippen molar-refractivity contribution >= 4 is 23.5 Å². The van der Waals surface area contributed by atoms with E-state index in [1.807, 2.05) is 36.9 Å². The molecule has 0 aromatic heterocycles. The van der Waals surface area contributed by atoms with Gasteiger partial charge in [-0.15, -0.1) is 0 Å². The molecule has 5 heteroatoms. The lowest BCUT2D eigenvalue weighted by Gasteiger charge is -2.23. The highest BCUT2D eigenvalue weighted by Gasteiger charge is 2.29. The third-order valence-electron chi connectivity index (χ3n) is 3.62. The molecule has 110 valence electrons. The average molecular weight is 294 g/mol. The molecule has 1 atom stereocenters. The number of ether oxygens (including phenoxy) is 1. The number of carbonyl (C=O) groups excluding carboxylic acids is 1. The second kappa shape index (κ2) is 6.39. The van der Waals surface area contributed by atoms with Crippen molar-refractivity contribution in [2.24, 2.45) is 0 Å². The van der Waals surface area contributed by atoms with Crippen molar-refractivity contribution in [1.29, 1.82) is 0 Å². The van der Waals surface area contributed by atoms with Gasteiger partial charge in [-0.2, -0.15) is 11.8 Å². The normalized spacial score (nSPS) is 21.6. The standard InChI is InChI=1S/C15H22N2O2S/c1-11-5-6-12(19-3)9-13(11)17-14(18)16-10-15(2)7-4-8-20-15/h5-6,9H,4,7-8,10H2,1-3H3,(H2,16,17,18). The first-order valence-corrected chi connectivity index (χ1v) is 7.84. The topological polar surface area (TPSA) is 50.4 Å². The molecular formula is C15H22N2O2S. The lowest BCUT2D eigenvalue weighted by atomic mass is 10.1. The van der Waals surface area contributed by atoms with E-state index in [4.69, 9.17) is 4.74 Å². The number of amides is 2. The molecule has 1 aromatic rings. The molecule has 2 amide bonds. The van der Waals surface area contributed by atoms with Crippen LogP contribution in [0.1, 0.15) is 25.3 Å². The Balaban J connectivity index is 1.91. The van der Waals surface area contributed by atoms with E-state index < -0.39 is 0 Å². The highest BCUT2D eigenvalue weighted by Crippen LogP contribution is 2.36. The van der Waals surface area contributed by atoms with Gasteiger partial charge in [0.25, 0.3) is 0 Å². The number of methoxy groups -OCH3 is 1. The summed E-state index contributed by atoms with van der Waals surface area (Å²) in [4.78, 5) is 12.0. The minimum Gasteiger partial charge on any atom is -0.497 e. The SMILES string of the molecule is COc1ccc(C)c(NC(=O)NCC2(C)CCCS2)c1. The van der Waals surface area contributed by atoms with Gasteiger partial charge in [0.05, 0.1) is 7.11 Å². The third-order valence-corrected chi connectivity index (χ3v) is 5.15. The fourth-order valence-electron chi connectivity index (χ4n) is 2.27. The van der Waals surface area contributed by atoms with Crippen LogP contribution in [0.25, 0.3) is 0 Å². The first-order valence-electron chi connectivity index (χ1n) is 6.86. The Morgan fingerprint density at radius 3 is 2.95 bits per heavy atom. The van der Waals surface area contributed by atoms with Gasteiger partial charge in [0.1, 0.15) is 5.75 Å². The van der Waals surface area contributed by atoms with Crippen LogP contribution in [0.15, 0.2) is 18.2 Å². The van der Waals surface area contributed by atoms with E-state index >= 15 is 0 Å². The maximum atomic E-state index is 12.0. The Labute approximate surface area is 124 Å². The van der Waals surface area contributed by atoms with Crippen molar-refractivity contribution in [2.75, 3.05) is 24.7 Å². The van der Waals surface area contributed by atoms with Crippen LogP contribution in [0.2, 0.25) is 0 Å². The van der Waals surface area contributed by atoms with Crippen LogP contribution in [-0.4, -0.2) is 30.2 Å². The van der Waals surface area contributed by atoms with Crippen LogP contribution in [-0.2, 0) is 0 Å². The fraction of sp³-hybridized carbons (Fsp3) is 0.533. The number of aryl methyl sites for hydroxylation is 1. The highest BCUT2D eigenvalue weighted by molar-refractivity contribution is 8.00. The van der Waals surface area contributed by atoms with Gasteiger partial charge in [-0.05, 0) is 44.1 Å². The lowest BCUT2D eigenvalue weighted by Crippen LogP contribution is -2.39. The zero-order chi connectivity index (χ0) is 14.6. The van der Waals surface area contributed by atoms with E-state index in [0.29, 0.717) is 6.54 Å². The molecule has 2 rings (SSSR count). The summed E-state index contributed by atoms with van der Waals surface area (Å²) in [7, 11) is 1.62. The minimum absolute atomic E-state index is 0.157. The quantitative estimate of drug-likeness (QED) is 0.894. The van der Waals surface area contributed by atoms with Crippen molar-refractivity contribution in [3.05, 3.63) is 23.8 Å². The molecular weight excluding hydrogens is 272 g/mol. The van der Waals surface area contributed by atoms with Gasteiger partial charge in [-0.3, -0.25) is 0 Å². The maximum Gasteiger partial charge on any atom is 0.319 e. The minimum atomic E-state index is -0.157. The van der Waals surface area contributed by atoms with Crippen LogP contribution < -0.4 is 15.4 Å². The van der Waals surface area contributed by atoms with Gasteiger partial charge in [0.2, 0.25) is 0 Å². The van der Waals surface area contributed by atoms with E-state index in [0.717, 1.165) is 23.4 Å². The smallest absolute Gasteiger partial charge is 0.319 e. The van der Waals surface area contributed by atoms with Crippen LogP contribution >= 0.6 is 11.8 Å². The monoisotopic (exact) mass is 294 g/mol. The molecule has 0 spiro atoms. The van der Waals surface area contributed by atoms with Crippen molar-refractivity contribution in [3.63, 3.8) is 0 Å². The summed E-state index contributed by atoms with van der Waals surface area (Å²) in [5.41, 5.74) is 1.80. The summed E-state index contributed by atoms with van der Waals surface area (Å²) < 4.78 is 5.35. The lowest BCUT2D eigenvalue weighted by molar-refractivity contribution is 0.251. The molecule has 1 fully saturated rings. The maximum absolute atomic E-state index is 12.0. The van der Waals surface area contributed by atoms with E-state index in [9.17, 15) is 4.79 Å². The second-order valence-electron chi connectivity index (χ2n) is 5.39. The third kappa shape index (κ3) is 3.82. The van der Waals surface area contributed by atoms with Crippen LogP contribution in [0.5, 0.6) is 5.75 Å². The molecule has 1 unspecified atom stereocenters. The van der Waals surface area contributed by atoms with E-state index in [1.54, 1.807) is 7.11 Å². The van der Waals surface area contributed by atoms with Crippen LogP contribution in [0.4, 0.5) is 10.5 Å². The molecule has 4 nitrogen and oxygen atoms in total. The van der Waals surface area contributed by atoms with Gasteiger partial charge in [-0.25, -0.2) is 4.79 Å². The molecule has 1 saturated heterocycles. The molecule has 2 N–H and O–H groups in total. The van der Waals surface area contributed by atoms with E-state index in [1.165, 1.54) is 12.2 Å². The summed E-state index contributed by atoms with van der Waals surface area (Å²) in [6.45, 7) is 4.87. The summed E-state index contributed by atoms with van der Waals surface area (Å²) in [5, 5.41) is 5.85.